The quantitative estimate of drug-likeness (QED) is 0.605. The van der Waals surface area contributed by atoms with Gasteiger partial charge in [0.1, 0.15) is 18.1 Å². The topological polar surface area (TPSA) is 69.3 Å². The van der Waals surface area contributed by atoms with Crippen molar-refractivity contribution in [3.05, 3.63) is 48.0 Å². The Morgan fingerprint density at radius 1 is 1.06 bits per heavy atom. The third kappa shape index (κ3) is 6.79. The highest BCUT2D eigenvalue weighted by Crippen LogP contribution is 2.34. The van der Waals surface area contributed by atoms with E-state index in [-0.39, 0.29) is 17.9 Å². The molecule has 7 nitrogen and oxygen atoms in total. The Labute approximate surface area is 190 Å². The Bertz CT molecular complexity index is 869. The maximum Gasteiger partial charge on any atom is 0.234 e. The molecule has 7 heteroatoms. The van der Waals surface area contributed by atoms with Crippen molar-refractivity contribution in [1.29, 1.82) is 0 Å². The summed E-state index contributed by atoms with van der Waals surface area (Å²) in [5.41, 5.74) is 1.02. The number of hydrogen-bond acceptors (Lipinski definition) is 6. The number of fused-ring (bicyclic) bond motifs is 1. The number of hydrogen-bond donors (Lipinski definition) is 1. The molecule has 32 heavy (non-hydrogen) atoms. The van der Waals surface area contributed by atoms with Crippen LogP contribution in [-0.2, 0) is 4.79 Å². The first kappa shape index (κ1) is 23.7. The molecule has 1 aliphatic heterocycles. The number of carbonyl (C=O) groups excluding carboxylic acids is 1. The average molecular weight is 443 g/mol. The highest BCUT2D eigenvalue weighted by atomic mass is 16.5. The van der Waals surface area contributed by atoms with Crippen LogP contribution in [0.25, 0.3) is 0 Å². The van der Waals surface area contributed by atoms with Crippen LogP contribution in [0.5, 0.6) is 23.0 Å². The van der Waals surface area contributed by atoms with Crippen molar-refractivity contribution in [2.75, 3.05) is 47.1 Å². The van der Waals surface area contributed by atoms with Gasteiger partial charge < -0.3 is 24.3 Å². The molecular weight excluding hydrogens is 408 g/mol. The van der Waals surface area contributed by atoms with Crippen LogP contribution in [0.4, 0.5) is 0 Å². The van der Waals surface area contributed by atoms with Gasteiger partial charge in [0, 0.05) is 13.0 Å². The van der Waals surface area contributed by atoms with E-state index < -0.39 is 0 Å². The number of ether oxygens (including phenoxy) is 4. The van der Waals surface area contributed by atoms with Crippen molar-refractivity contribution in [2.45, 2.75) is 26.3 Å². The molecule has 0 saturated heterocycles. The summed E-state index contributed by atoms with van der Waals surface area (Å²) in [6.07, 6.45) is 0.864. The van der Waals surface area contributed by atoms with Crippen LogP contribution >= 0.6 is 0 Å². The van der Waals surface area contributed by atoms with Gasteiger partial charge in [-0.3, -0.25) is 9.69 Å². The van der Waals surface area contributed by atoms with Crippen molar-refractivity contribution in [1.82, 2.24) is 10.2 Å². The number of nitrogens with zero attached hydrogens (tertiary/aromatic N) is 1. The molecule has 0 radical (unpaired) electrons. The third-order valence-corrected chi connectivity index (χ3v) is 5.33. The molecule has 1 atom stereocenters. The zero-order valence-electron chi connectivity index (χ0n) is 19.4. The minimum absolute atomic E-state index is 0.0252. The standard InChI is InChI=1S/C25H34N2O5/c1-18(2)25(19-6-11-22-23(16-19)32-14-5-13-31-22)26-24(28)17-27(3)12-15-30-21-9-7-20(29-4)8-10-21/h6-11,16,18,25H,5,12-15,17H2,1-4H3,(H,26,28). The average Bonchev–Trinajstić information content (AvgIpc) is 3.02. The molecule has 1 unspecified atom stereocenters. The minimum Gasteiger partial charge on any atom is -0.497 e. The molecule has 0 aliphatic carbocycles. The van der Waals surface area contributed by atoms with E-state index in [4.69, 9.17) is 18.9 Å². The highest BCUT2D eigenvalue weighted by Gasteiger charge is 2.21. The number of amides is 1. The van der Waals surface area contributed by atoms with E-state index in [1.807, 2.05) is 54.4 Å². The molecule has 1 heterocycles. The molecule has 2 aromatic rings. The van der Waals surface area contributed by atoms with E-state index in [2.05, 4.69) is 19.2 Å². The Hall–Kier alpha value is -2.93. The second-order valence-corrected chi connectivity index (χ2v) is 8.31. The fourth-order valence-electron chi connectivity index (χ4n) is 3.54. The van der Waals surface area contributed by atoms with Gasteiger partial charge in [0.25, 0.3) is 0 Å². The summed E-state index contributed by atoms with van der Waals surface area (Å²) in [5.74, 6) is 3.27. The Balaban J connectivity index is 1.50. The largest absolute Gasteiger partial charge is 0.497 e. The summed E-state index contributed by atoms with van der Waals surface area (Å²) in [5, 5.41) is 3.18. The lowest BCUT2D eigenvalue weighted by Crippen LogP contribution is -2.40. The van der Waals surface area contributed by atoms with Gasteiger partial charge in [-0.25, -0.2) is 0 Å². The molecule has 0 aromatic heterocycles. The predicted octanol–water partition coefficient (Wildman–Crippen LogP) is 3.68. The van der Waals surface area contributed by atoms with E-state index >= 15 is 0 Å². The summed E-state index contributed by atoms with van der Waals surface area (Å²) >= 11 is 0. The fraction of sp³-hybridized carbons (Fsp3) is 0.480. The highest BCUT2D eigenvalue weighted by molar-refractivity contribution is 5.78. The zero-order chi connectivity index (χ0) is 22.9. The number of rotatable bonds is 10. The smallest absolute Gasteiger partial charge is 0.234 e. The van der Waals surface area contributed by atoms with Gasteiger partial charge in [-0.2, -0.15) is 0 Å². The van der Waals surface area contributed by atoms with Crippen LogP contribution in [0.15, 0.2) is 42.5 Å². The summed E-state index contributed by atoms with van der Waals surface area (Å²) in [4.78, 5) is 14.7. The molecule has 2 aromatic carbocycles. The fourth-order valence-corrected chi connectivity index (χ4v) is 3.54. The van der Waals surface area contributed by atoms with E-state index in [0.29, 0.717) is 32.9 Å². The number of nitrogens with one attached hydrogen (secondary N) is 1. The maximum absolute atomic E-state index is 12.7. The second kappa shape index (κ2) is 11.6. The monoisotopic (exact) mass is 442 g/mol. The predicted molar refractivity (Wildman–Crippen MR) is 124 cm³/mol. The first-order chi connectivity index (χ1) is 15.5. The van der Waals surface area contributed by atoms with Gasteiger partial charge in [0.2, 0.25) is 5.91 Å². The summed E-state index contributed by atoms with van der Waals surface area (Å²) in [7, 11) is 3.55. The number of methoxy groups -OCH3 is 1. The van der Waals surface area contributed by atoms with Gasteiger partial charge in [-0.05, 0) is 54.9 Å². The lowest BCUT2D eigenvalue weighted by molar-refractivity contribution is -0.123. The van der Waals surface area contributed by atoms with Crippen molar-refractivity contribution in [3.8, 4) is 23.0 Å². The Morgan fingerprint density at radius 3 is 2.44 bits per heavy atom. The van der Waals surface area contributed by atoms with Gasteiger partial charge in [-0.1, -0.05) is 19.9 Å². The molecule has 1 aliphatic rings. The third-order valence-electron chi connectivity index (χ3n) is 5.33. The summed E-state index contributed by atoms with van der Waals surface area (Å²) in [6, 6.07) is 13.3. The van der Waals surface area contributed by atoms with E-state index in [1.165, 1.54) is 0 Å². The Morgan fingerprint density at radius 2 is 1.75 bits per heavy atom. The van der Waals surface area contributed by atoms with Crippen LogP contribution in [0.2, 0.25) is 0 Å². The molecule has 1 amide bonds. The van der Waals surface area contributed by atoms with E-state index in [9.17, 15) is 4.79 Å². The van der Waals surface area contributed by atoms with Crippen molar-refractivity contribution in [2.24, 2.45) is 5.92 Å². The molecule has 3 rings (SSSR count). The van der Waals surface area contributed by atoms with E-state index in [0.717, 1.165) is 35.0 Å². The van der Waals surface area contributed by atoms with Crippen LogP contribution < -0.4 is 24.3 Å². The maximum atomic E-state index is 12.7. The van der Waals surface area contributed by atoms with Crippen LogP contribution in [0.1, 0.15) is 31.9 Å². The Kier molecular flexibility index (Phi) is 8.62. The second-order valence-electron chi connectivity index (χ2n) is 8.31. The van der Waals surface area contributed by atoms with Gasteiger partial charge >= 0.3 is 0 Å². The van der Waals surface area contributed by atoms with E-state index in [1.54, 1.807) is 7.11 Å². The zero-order valence-corrected chi connectivity index (χ0v) is 19.4. The van der Waals surface area contributed by atoms with Crippen LogP contribution in [0.3, 0.4) is 0 Å². The molecule has 0 saturated carbocycles. The SMILES string of the molecule is COc1ccc(OCCN(C)CC(=O)NC(c2ccc3c(c2)OCCCO3)C(C)C)cc1. The normalized spacial score (nSPS) is 14.1. The van der Waals surface area contributed by atoms with Gasteiger partial charge in [0.15, 0.2) is 11.5 Å². The molecule has 0 spiro atoms. The number of carbonyl (C=O) groups is 1. The lowest BCUT2D eigenvalue weighted by Gasteiger charge is -2.25. The molecular formula is C25H34N2O5. The van der Waals surface area contributed by atoms with Gasteiger partial charge in [-0.15, -0.1) is 0 Å². The van der Waals surface area contributed by atoms with Crippen LogP contribution in [-0.4, -0.2) is 57.9 Å². The minimum atomic E-state index is -0.108. The summed E-state index contributed by atoms with van der Waals surface area (Å²) < 4.78 is 22.4. The van der Waals surface area contributed by atoms with Crippen molar-refractivity contribution >= 4 is 5.91 Å². The molecule has 174 valence electrons. The number of benzene rings is 2. The van der Waals surface area contributed by atoms with Crippen molar-refractivity contribution < 1.29 is 23.7 Å². The lowest BCUT2D eigenvalue weighted by atomic mass is 9.95. The van der Waals surface area contributed by atoms with Crippen LogP contribution in [0, 0.1) is 5.92 Å². The molecule has 1 N–H and O–H groups in total. The molecule has 0 fully saturated rings. The molecule has 0 bridgehead atoms. The summed E-state index contributed by atoms with van der Waals surface area (Å²) in [6.45, 7) is 6.91. The first-order valence-electron chi connectivity index (χ1n) is 11.1. The van der Waals surface area contributed by atoms with Crippen molar-refractivity contribution in [3.63, 3.8) is 0 Å². The van der Waals surface area contributed by atoms with Gasteiger partial charge in [0.05, 0.1) is 32.9 Å². The first-order valence-corrected chi connectivity index (χ1v) is 11.1. The number of likely N-dealkylation sites (N-methyl/N-ethyl adjacent to an activating group) is 1.